The van der Waals surface area contributed by atoms with Crippen LogP contribution in [0.4, 0.5) is 8.78 Å². The standard InChI is InChI=1S/C24H28F2O3/c1-3-5-14-27-22-12-10-19(23(25)24(22)26)15-28-20-11-13-21(29-16-20)18-8-6-17(4-2)7-9-18/h4,6-10,12,20-21H,2-3,5,11,13-16H2,1H3. The quantitative estimate of drug-likeness (QED) is 0.466. The van der Waals surface area contributed by atoms with Crippen LogP contribution in [0.1, 0.15) is 55.4 Å². The second-order valence-corrected chi connectivity index (χ2v) is 7.26. The van der Waals surface area contributed by atoms with E-state index < -0.39 is 11.6 Å². The van der Waals surface area contributed by atoms with Crippen molar-refractivity contribution in [1.82, 2.24) is 0 Å². The molecule has 2 aromatic rings. The Morgan fingerprint density at radius 2 is 1.90 bits per heavy atom. The van der Waals surface area contributed by atoms with E-state index in [-0.39, 0.29) is 30.1 Å². The summed E-state index contributed by atoms with van der Waals surface area (Å²) in [5.41, 5.74) is 2.38. The van der Waals surface area contributed by atoms with Crippen molar-refractivity contribution in [2.24, 2.45) is 0 Å². The Morgan fingerprint density at radius 3 is 2.55 bits per heavy atom. The fourth-order valence-electron chi connectivity index (χ4n) is 3.30. The molecular weight excluding hydrogens is 374 g/mol. The van der Waals surface area contributed by atoms with Gasteiger partial charge < -0.3 is 14.2 Å². The first-order chi connectivity index (χ1) is 14.1. The SMILES string of the molecule is C=Cc1ccc(C2CCC(OCc3ccc(OCCCC)c(F)c3F)CO2)cc1. The Morgan fingerprint density at radius 1 is 1.10 bits per heavy atom. The van der Waals surface area contributed by atoms with Crippen molar-refractivity contribution < 1.29 is 23.0 Å². The predicted octanol–water partition coefficient (Wildman–Crippen LogP) is 6.22. The second kappa shape index (κ2) is 10.5. The smallest absolute Gasteiger partial charge is 0.200 e. The molecule has 0 bridgehead atoms. The average Bonchev–Trinajstić information content (AvgIpc) is 2.77. The van der Waals surface area contributed by atoms with Crippen LogP contribution in [0.25, 0.3) is 6.08 Å². The first-order valence-electron chi connectivity index (χ1n) is 10.2. The first kappa shape index (κ1) is 21.5. The molecule has 1 heterocycles. The van der Waals surface area contributed by atoms with Gasteiger partial charge in [-0.2, -0.15) is 4.39 Å². The summed E-state index contributed by atoms with van der Waals surface area (Å²) in [7, 11) is 0. The van der Waals surface area contributed by atoms with Crippen molar-refractivity contribution in [3.05, 3.63) is 71.3 Å². The molecule has 0 radical (unpaired) electrons. The van der Waals surface area contributed by atoms with Gasteiger partial charge in [0.15, 0.2) is 11.6 Å². The zero-order chi connectivity index (χ0) is 20.6. The second-order valence-electron chi connectivity index (χ2n) is 7.26. The summed E-state index contributed by atoms with van der Waals surface area (Å²) < 4.78 is 45.5. The third-order valence-corrected chi connectivity index (χ3v) is 5.13. The van der Waals surface area contributed by atoms with E-state index in [1.54, 1.807) is 6.08 Å². The summed E-state index contributed by atoms with van der Waals surface area (Å²) in [6.07, 6.45) is 5.05. The van der Waals surface area contributed by atoms with Crippen molar-refractivity contribution in [2.75, 3.05) is 13.2 Å². The van der Waals surface area contributed by atoms with Crippen LogP contribution in [0, 0.1) is 11.6 Å². The maximum atomic E-state index is 14.3. The molecule has 1 saturated heterocycles. The molecule has 0 saturated carbocycles. The molecule has 3 rings (SSSR count). The number of rotatable bonds is 9. The lowest BCUT2D eigenvalue weighted by Gasteiger charge is -2.29. The Kier molecular flexibility index (Phi) is 7.78. The van der Waals surface area contributed by atoms with Crippen molar-refractivity contribution in [2.45, 2.75) is 51.4 Å². The third kappa shape index (κ3) is 5.64. The number of halogens is 2. The minimum Gasteiger partial charge on any atom is -0.490 e. The molecule has 1 aliphatic heterocycles. The lowest BCUT2D eigenvalue weighted by atomic mass is 9.99. The third-order valence-electron chi connectivity index (χ3n) is 5.13. The van der Waals surface area contributed by atoms with Crippen molar-refractivity contribution in [3.63, 3.8) is 0 Å². The van der Waals surface area contributed by atoms with E-state index >= 15 is 0 Å². The van der Waals surface area contributed by atoms with E-state index in [0.717, 1.165) is 36.8 Å². The van der Waals surface area contributed by atoms with E-state index in [1.165, 1.54) is 12.1 Å². The first-order valence-corrected chi connectivity index (χ1v) is 10.2. The molecule has 0 aromatic heterocycles. The topological polar surface area (TPSA) is 27.7 Å². The predicted molar refractivity (Wildman–Crippen MR) is 110 cm³/mol. The van der Waals surface area contributed by atoms with Crippen LogP contribution < -0.4 is 4.74 Å². The molecule has 0 spiro atoms. The van der Waals surface area contributed by atoms with Crippen LogP contribution in [0.2, 0.25) is 0 Å². The highest BCUT2D eigenvalue weighted by Gasteiger charge is 2.24. The Labute approximate surface area is 171 Å². The maximum Gasteiger partial charge on any atom is 0.200 e. The number of unbranched alkanes of at least 4 members (excludes halogenated alkanes) is 1. The summed E-state index contributed by atoms with van der Waals surface area (Å²) in [4.78, 5) is 0. The van der Waals surface area contributed by atoms with Crippen LogP contribution >= 0.6 is 0 Å². The molecule has 2 aromatic carbocycles. The Hall–Kier alpha value is -2.24. The number of hydrogen-bond acceptors (Lipinski definition) is 3. The molecule has 2 atom stereocenters. The van der Waals surface area contributed by atoms with Gasteiger partial charge in [-0.1, -0.05) is 50.3 Å². The lowest BCUT2D eigenvalue weighted by Crippen LogP contribution is -2.27. The van der Waals surface area contributed by atoms with Crippen LogP contribution in [-0.4, -0.2) is 19.3 Å². The largest absolute Gasteiger partial charge is 0.490 e. The zero-order valence-electron chi connectivity index (χ0n) is 16.8. The highest BCUT2D eigenvalue weighted by Crippen LogP contribution is 2.30. The molecule has 5 heteroatoms. The molecule has 0 N–H and O–H groups in total. The van der Waals surface area contributed by atoms with Gasteiger partial charge in [0.05, 0.1) is 32.0 Å². The maximum absolute atomic E-state index is 14.3. The monoisotopic (exact) mass is 402 g/mol. The Bertz CT molecular complexity index is 797. The van der Waals surface area contributed by atoms with Gasteiger partial charge in [-0.3, -0.25) is 0 Å². The van der Waals surface area contributed by atoms with E-state index in [0.29, 0.717) is 13.2 Å². The van der Waals surface area contributed by atoms with Crippen molar-refractivity contribution >= 4 is 6.08 Å². The fraction of sp³-hybridized carbons (Fsp3) is 0.417. The zero-order valence-corrected chi connectivity index (χ0v) is 16.8. The van der Waals surface area contributed by atoms with Gasteiger partial charge in [-0.15, -0.1) is 0 Å². The average molecular weight is 402 g/mol. The highest BCUT2D eigenvalue weighted by molar-refractivity contribution is 5.47. The van der Waals surface area contributed by atoms with Gasteiger partial charge in [0.25, 0.3) is 0 Å². The van der Waals surface area contributed by atoms with Crippen molar-refractivity contribution in [1.29, 1.82) is 0 Å². The molecule has 1 fully saturated rings. The van der Waals surface area contributed by atoms with Gasteiger partial charge in [-0.25, -0.2) is 4.39 Å². The van der Waals surface area contributed by atoms with Gasteiger partial charge >= 0.3 is 0 Å². The van der Waals surface area contributed by atoms with E-state index in [9.17, 15) is 8.78 Å². The van der Waals surface area contributed by atoms with Crippen LogP contribution in [-0.2, 0) is 16.1 Å². The molecule has 156 valence electrons. The molecule has 2 unspecified atom stereocenters. The van der Waals surface area contributed by atoms with E-state index in [2.05, 4.69) is 6.58 Å². The van der Waals surface area contributed by atoms with Crippen LogP contribution in [0.3, 0.4) is 0 Å². The molecule has 29 heavy (non-hydrogen) atoms. The molecular formula is C24H28F2O3. The van der Waals surface area contributed by atoms with Crippen molar-refractivity contribution in [3.8, 4) is 5.75 Å². The van der Waals surface area contributed by atoms with Gasteiger partial charge in [0, 0.05) is 5.56 Å². The minimum absolute atomic E-state index is 0.00468. The van der Waals surface area contributed by atoms with Crippen LogP contribution in [0.15, 0.2) is 43.0 Å². The summed E-state index contributed by atoms with van der Waals surface area (Å²) in [6, 6.07) is 11.1. The fourth-order valence-corrected chi connectivity index (χ4v) is 3.30. The number of benzene rings is 2. The Balaban J connectivity index is 1.49. The lowest BCUT2D eigenvalue weighted by molar-refractivity contribution is -0.0925. The van der Waals surface area contributed by atoms with Crippen LogP contribution in [0.5, 0.6) is 5.75 Å². The summed E-state index contributed by atoms with van der Waals surface area (Å²) >= 11 is 0. The van der Waals surface area contributed by atoms with Gasteiger partial charge in [0.2, 0.25) is 5.82 Å². The highest BCUT2D eigenvalue weighted by atomic mass is 19.2. The van der Waals surface area contributed by atoms with E-state index in [1.807, 2.05) is 31.2 Å². The molecule has 0 amide bonds. The summed E-state index contributed by atoms with van der Waals surface area (Å²) in [5.74, 6) is -1.91. The summed E-state index contributed by atoms with van der Waals surface area (Å²) in [5, 5.41) is 0. The molecule has 1 aliphatic rings. The molecule has 0 aliphatic carbocycles. The number of hydrogen-bond donors (Lipinski definition) is 0. The normalized spacial score (nSPS) is 19.1. The van der Waals surface area contributed by atoms with E-state index in [4.69, 9.17) is 14.2 Å². The summed E-state index contributed by atoms with van der Waals surface area (Å²) in [6.45, 7) is 6.57. The molecule has 3 nitrogen and oxygen atoms in total. The minimum atomic E-state index is -0.954. The van der Waals surface area contributed by atoms with Gasteiger partial charge in [0.1, 0.15) is 0 Å². The van der Waals surface area contributed by atoms with Gasteiger partial charge in [-0.05, 0) is 42.5 Å². The number of ether oxygens (including phenoxy) is 3.